The van der Waals surface area contributed by atoms with E-state index in [-0.39, 0.29) is 23.2 Å². The maximum atomic E-state index is 12.4. The summed E-state index contributed by atoms with van der Waals surface area (Å²) in [5, 5.41) is 5.53. The topological polar surface area (TPSA) is 106 Å². The van der Waals surface area contributed by atoms with Crippen LogP contribution in [-0.4, -0.2) is 53.7 Å². The van der Waals surface area contributed by atoms with Gasteiger partial charge in [0.25, 0.3) is 0 Å². The lowest BCUT2D eigenvalue weighted by Crippen LogP contribution is -2.46. The smallest absolute Gasteiger partial charge is 0.241 e. The molecule has 0 saturated carbocycles. The van der Waals surface area contributed by atoms with E-state index in [1.54, 1.807) is 13.1 Å². The first-order valence-corrected chi connectivity index (χ1v) is 9.26. The first-order valence-electron chi connectivity index (χ1n) is 7.78. The summed E-state index contributed by atoms with van der Waals surface area (Å²) < 4.78 is 38.2. The van der Waals surface area contributed by atoms with E-state index in [0.29, 0.717) is 37.8 Å². The van der Waals surface area contributed by atoms with Crippen molar-refractivity contribution >= 4 is 28.3 Å². The van der Waals surface area contributed by atoms with Crippen LogP contribution in [0.3, 0.4) is 0 Å². The van der Waals surface area contributed by atoms with Crippen molar-refractivity contribution in [3.63, 3.8) is 0 Å². The lowest BCUT2D eigenvalue weighted by molar-refractivity contribution is -0.122. The Morgan fingerprint density at radius 3 is 2.56 bits per heavy atom. The first-order chi connectivity index (χ1) is 11.4. The molecule has 1 aromatic rings. The number of fused-ring (bicyclic) bond motifs is 1. The minimum Gasteiger partial charge on any atom is -0.490 e. The van der Waals surface area contributed by atoms with E-state index >= 15 is 0 Å². The number of sulfonamides is 1. The van der Waals surface area contributed by atoms with Gasteiger partial charge in [-0.15, -0.1) is 12.4 Å². The van der Waals surface area contributed by atoms with Crippen LogP contribution >= 0.6 is 12.4 Å². The fourth-order valence-electron chi connectivity index (χ4n) is 2.13. The number of halogens is 1. The summed E-state index contributed by atoms with van der Waals surface area (Å²) >= 11 is 0. The Labute approximate surface area is 154 Å². The molecule has 0 spiro atoms. The molecule has 1 heterocycles. The third-order valence-corrected chi connectivity index (χ3v) is 4.97. The van der Waals surface area contributed by atoms with Gasteiger partial charge in [-0.3, -0.25) is 4.79 Å². The maximum Gasteiger partial charge on any atom is 0.241 e. The summed E-state index contributed by atoms with van der Waals surface area (Å²) in [4.78, 5) is 11.9. The zero-order valence-electron chi connectivity index (χ0n) is 14.2. The van der Waals surface area contributed by atoms with Crippen LogP contribution in [0.4, 0.5) is 0 Å². The van der Waals surface area contributed by atoms with E-state index in [1.165, 1.54) is 19.1 Å². The molecule has 1 aliphatic rings. The molecule has 0 aliphatic carbocycles. The number of hydrogen-bond donors (Lipinski definition) is 3. The Morgan fingerprint density at radius 2 is 1.88 bits per heavy atom. The first kappa shape index (κ1) is 21.5. The van der Waals surface area contributed by atoms with Gasteiger partial charge >= 0.3 is 0 Å². The average molecular weight is 394 g/mol. The zero-order chi connectivity index (χ0) is 17.6. The number of ether oxygens (including phenoxy) is 2. The van der Waals surface area contributed by atoms with Gasteiger partial charge < -0.3 is 20.1 Å². The molecule has 8 nitrogen and oxygen atoms in total. The number of amides is 1. The predicted octanol–water partition coefficient (Wildman–Crippen LogP) is 0.272. The zero-order valence-corrected chi connectivity index (χ0v) is 15.8. The quantitative estimate of drug-likeness (QED) is 0.574. The summed E-state index contributed by atoms with van der Waals surface area (Å²) in [7, 11) is -2.08. The number of likely N-dealkylation sites (N-methyl/N-ethyl adjacent to an activating group) is 1. The van der Waals surface area contributed by atoms with E-state index in [2.05, 4.69) is 15.4 Å². The minimum absolute atomic E-state index is 0. The monoisotopic (exact) mass is 393 g/mol. The second kappa shape index (κ2) is 9.81. The molecule has 1 aliphatic heterocycles. The summed E-state index contributed by atoms with van der Waals surface area (Å²) in [6, 6.07) is 3.52. The number of benzene rings is 1. The third kappa shape index (κ3) is 6.03. The molecule has 1 unspecified atom stereocenters. The number of rotatable bonds is 7. The Morgan fingerprint density at radius 1 is 1.20 bits per heavy atom. The second-order valence-corrected chi connectivity index (χ2v) is 7.11. The Kier molecular flexibility index (Phi) is 8.43. The van der Waals surface area contributed by atoms with Crippen LogP contribution < -0.4 is 24.8 Å². The van der Waals surface area contributed by atoms with Crippen LogP contribution in [0.5, 0.6) is 11.5 Å². The minimum atomic E-state index is -3.84. The van der Waals surface area contributed by atoms with Crippen molar-refractivity contribution in [1.82, 2.24) is 15.4 Å². The van der Waals surface area contributed by atoms with Gasteiger partial charge in [0, 0.05) is 25.6 Å². The predicted molar refractivity (Wildman–Crippen MR) is 96.0 cm³/mol. The fraction of sp³-hybridized carbons (Fsp3) is 0.533. The van der Waals surface area contributed by atoms with Gasteiger partial charge in [0.15, 0.2) is 11.5 Å². The van der Waals surface area contributed by atoms with Crippen LogP contribution in [0.1, 0.15) is 13.3 Å². The van der Waals surface area contributed by atoms with E-state index in [0.717, 1.165) is 6.42 Å². The van der Waals surface area contributed by atoms with Crippen LogP contribution in [0.25, 0.3) is 0 Å². The molecule has 2 rings (SSSR count). The van der Waals surface area contributed by atoms with Gasteiger partial charge in [0.05, 0.1) is 24.2 Å². The molecule has 1 atom stereocenters. The molecule has 142 valence electrons. The Bertz CT molecular complexity index is 684. The molecular formula is C15H24ClN3O5S. The molecule has 10 heteroatoms. The summed E-state index contributed by atoms with van der Waals surface area (Å²) in [5.41, 5.74) is 0. The lowest BCUT2D eigenvalue weighted by atomic mass is 10.3. The SMILES string of the molecule is CNCCNC(=O)C(C)NS(=O)(=O)c1ccc2c(c1)OCCCO2.Cl. The van der Waals surface area contributed by atoms with E-state index in [9.17, 15) is 13.2 Å². The van der Waals surface area contributed by atoms with Crippen molar-refractivity contribution in [2.24, 2.45) is 0 Å². The largest absolute Gasteiger partial charge is 0.490 e. The van der Waals surface area contributed by atoms with Crippen molar-refractivity contribution in [2.75, 3.05) is 33.4 Å². The van der Waals surface area contributed by atoms with Crippen LogP contribution in [0, 0.1) is 0 Å². The average Bonchev–Trinajstić information content (AvgIpc) is 2.79. The molecule has 25 heavy (non-hydrogen) atoms. The standard InChI is InChI=1S/C15H23N3O5S.ClH/c1-11(15(19)17-7-6-16-2)18-24(20,21)12-4-5-13-14(10-12)23-9-3-8-22-13;/h4-5,10-11,16,18H,3,6-9H2,1-2H3,(H,17,19);1H. The third-order valence-electron chi connectivity index (χ3n) is 3.43. The van der Waals surface area contributed by atoms with Crippen molar-refractivity contribution in [1.29, 1.82) is 0 Å². The maximum absolute atomic E-state index is 12.4. The van der Waals surface area contributed by atoms with Crippen molar-refractivity contribution in [3.8, 4) is 11.5 Å². The number of nitrogens with one attached hydrogen (secondary N) is 3. The molecule has 0 fully saturated rings. The Hall–Kier alpha value is -1.55. The van der Waals surface area contributed by atoms with Crippen LogP contribution in [0.15, 0.2) is 23.1 Å². The summed E-state index contributed by atoms with van der Waals surface area (Å²) in [5.74, 6) is 0.522. The molecule has 0 saturated heterocycles. The van der Waals surface area contributed by atoms with Crippen LogP contribution in [0.2, 0.25) is 0 Å². The molecule has 0 aromatic heterocycles. The number of hydrogen-bond acceptors (Lipinski definition) is 6. The highest BCUT2D eigenvalue weighted by Gasteiger charge is 2.23. The highest BCUT2D eigenvalue weighted by Crippen LogP contribution is 2.31. The van der Waals surface area contributed by atoms with Gasteiger partial charge in [-0.25, -0.2) is 8.42 Å². The molecular weight excluding hydrogens is 370 g/mol. The Balaban J connectivity index is 0.00000312. The van der Waals surface area contributed by atoms with Gasteiger partial charge in [0.2, 0.25) is 15.9 Å². The van der Waals surface area contributed by atoms with Crippen molar-refractivity contribution in [3.05, 3.63) is 18.2 Å². The number of carbonyl (C=O) groups is 1. The van der Waals surface area contributed by atoms with Crippen molar-refractivity contribution in [2.45, 2.75) is 24.3 Å². The van der Waals surface area contributed by atoms with Crippen molar-refractivity contribution < 1.29 is 22.7 Å². The highest BCUT2D eigenvalue weighted by atomic mass is 35.5. The fourth-order valence-corrected chi connectivity index (χ4v) is 3.35. The van der Waals surface area contributed by atoms with E-state index in [4.69, 9.17) is 9.47 Å². The second-order valence-electron chi connectivity index (χ2n) is 5.40. The number of carbonyl (C=O) groups excluding carboxylic acids is 1. The van der Waals surface area contributed by atoms with Gasteiger partial charge in [0.1, 0.15) is 0 Å². The van der Waals surface area contributed by atoms with E-state index < -0.39 is 16.1 Å². The normalized spacial score (nSPS) is 14.8. The van der Waals surface area contributed by atoms with Crippen LogP contribution in [-0.2, 0) is 14.8 Å². The van der Waals surface area contributed by atoms with Gasteiger partial charge in [-0.2, -0.15) is 4.72 Å². The van der Waals surface area contributed by atoms with Gasteiger partial charge in [-0.1, -0.05) is 0 Å². The molecule has 0 bridgehead atoms. The van der Waals surface area contributed by atoms with E-state index in [1.807, 2.05) is 0 Å². The molecule has 3 N–H and O–H groups in total. The molecule has 1 aromatic carbocycles. The summed E-state index contributed by atoms with van der Waals surface area (Å²) in [6.45, 7) is 3.52. The molecule has 0 radical (unpaired) electrons. The lowest BCUT2D eigenvalue weighted by Gasteiger charge is -2.15. The van der Waals surface area contributed by atoms with Gasteiger partial charge in [-0.05, 0) is 26.1 Å². The highest BCUT2D eigenvalue weighted by molar-refractivity contribution is 7.89. The summed E-state index contributed by atoms with van der Waals surface area (Å²) in [6.07, 6.45) is 0.735. The molecule has 1 amide bonds.